The molecule has 48 heavy (non-hydrogen) atoms. The lowest BCUT2D eigenvalue weighted by Gasteiger charge is -2.31. The summed E-state index contributed by atoms with van der Waals surface area (Å²) in [6.45, 7) is 11.7. The van der Waals surface area contributed by atoms with Gasteiger partial charge in [0, 0.05) is 37.0 Å². The van der Waals surface area contributed by atoms with Crippen molar-refractivity contribution in [1.82, 2.24) is 9.88 Å². The van der Waals surface area contributed by atoms with Crippen LogP contribution in [0.15, 0.2) is 77.2 Å². The number of ether oxygens (including phenoxy) is 4. The van der Waals surface area contributed by atoms with Gasteiger partial charge >= 0.3 is 5.97 Å². The van der Waals surface area contributed by atoms with Crippen LogP contribution in [0.5, 0.6) is 17.2 Å². The van der Waals surface area contributed by atoms with E-state index in [0.29, 0.717) is 55.4 Å². The van der Waals surface area contributed by atoms with Gasteiger partial charge in [-0.1, -0.05) is 12.1 Å². The molecular formula is C37H48N4O7. The number of carbonyl (C=O) groups is 3. The fraction of sp³-hybridized carbons (Fsp3) is 0.459. The summed E-state index contributed by atoms with van der Waals surface area (Å²) in [6, 6.07) is 16.2. The molecular weight excluding hydrogens is 612 g/mol. The zero-order chi connectivity index (χ0) is 34.7. The fourth-order valence-corrected chi connectivity index (χ4v) is 4.90. The number of amides is 2. The maximum absolute atomic E-state index is 13.5. The molecule has 0 fully saturated rings. The number of hydrogen-bond acceptors (Lipinski definition) is 9. The Bertz CT molecular complexity index is 1450. The summed E-state index contributed by atoms with van der Waals surface area (Å²) in [7, 11) is 0. The minimum atomic E-state index is -0.420. The first-order chi connectivity index (χ1) is 23.2. The van der Waals surface area contributed by atoms with E-state index in [1.807, 2.05) is 56.9 Å². The van der Waals surface area contributed by atoms with Gasteiger partial charge in [-0.3, -0.25) is 19.4 Å². The molecule has 11 heteroatoms. The standard InChI is InChI=1S/C37H48N4O7/c1-6-45-35(42)13-11-23-48-34-24-32(18-19-33(34)37(44)41(27(2)3)28(4)5)47-22-9-7-8-21-46-31-16-14-29(15-17-31)25-39-40-36(43)30-12-10-20-38-26-30/h10,12,14-20,24,26-28H,6-9,11,13,21-23,25H2,1-5H3. The lowest BCUT2D eigenvalue weighted by atomic mass is 10.1. The van der Waals surface area contributed by atoms with Gasteiger partial charge in [-0.15, -0.1) is 5.11 Å². The largest absolute Gasteiger partial charge is 0.494 e. The molecule has 0 atom stereocenters. The molecule has 0 radical (unpaired) electrons. The molecule has 0 spiro atoms. The van der Waals surface area contributed by atoms with Crippen molar-refractivity contribution in [2.45, 2.75) is 85.4 Å². The van der Waals surface area contributed by atoms with Crippen molar-refractivity contribution in [2.24, 2.45) is 10.2 Å². The Kier molecular flexibility index (Phi) is 16.0. The molecule has 0 aliphatic carbocycles. The minimum absolute atomic E-state index is 0.0207. The van der Waals surface area contributed by atoms with Crippen molar-refractivity contribution in [3.63, 3.8) is 0 Å². The van der Waals surface area contributed by atoms with Crippen LogP contribution in [0.25, 0.3) is 0 Å². The van der Waals surface area contributed by atoms with Gasteiger partial charge in [0.15, 0.2) is 0 Å². The number of hydrogen-bond donors (Lipinski definition) is 0. The van der Waals surface area contributed by atoms with Gasteiger partial charge in [-0.2, -0.15) is 5.11 Å². The first-order valence-electron chi connectivity index (χ1n) is 16.6. The molecule has 3 aromatic rings. The Balaban J connectivity index is 1.43. The van der Waals surface area contributed by atoms with E-state index in [9.17, 15) is 14.4 Å². The summed E-state index contributed by atoms with van der Waals surface area (Å²) >= 11 is 0. The van der Waals surface area contributed by atoms with Crippen LogP contribution in [0.2, 0.25) is 0 Å². The molecule has 11 nitrogen and oxygen atoms in total. The fourth-order valence-electron chi connectivity index (χ4n) is 4.90. The third-order valence-corrected chi connectivity index (χ3v) is 7.19. The highest BCUT2D eigenvalue weighted by atomic mass is 16.5. The molecule has 3 rings (SSSR count). The molecule has 0 saturated carbocycles. The van der Waals surface area contributed by atoms with Crippen LogP contribution in [-0.2, 0) is 16.1 Å². The quantitative estimate of drug-likeness (QED) is 0.0693. The number of aromatic nitrogens is 1. The Labute approximate surface area is 283 Å². The van der Waals surface area contributed by atoms with E-state index in [1.165, 1.54) is 6.20 Å². The number of benzene rings is 2. The van der Waals surface area contributed by atoms with Crippen molar-refractivity contribution in [3.8, 4) is 17.2 Å². The molecule has 0 aliphatic heterocycles. The van der Waals surface area contributed by atoms with E-state index in [0.717, 1.165) is 30.6 Å². The van der Waals surface area contributed by atoms with Gasteiger partial charge in [-0.25, -0.2) is 0 Å². The van der Waals surface area contributed by atoms with Crippen LogP contribution in [0, 0.1) is 0 Å². The molecule has 0 bridgehead atoms. The van der Waals surface area contributed by atoms with Gasteiger partial charge in [0.05, 0.1) is 44.1 Å². The molecule has 2 amide bonds. The summed E-state index contributed by atoms with van der Waals surface area (Å²) in [5.74, 6) is 1.02. The normalized spacial score (nSPS) is 11.1. The van der Waals surface area contributed by atoms with E-state index in [1.54, 1.807) is 43.5 Å². The van der Waals surface area contributed by atoms with E-state index in [2.05, 4.69) is 15.2 Å². The van der Waals surface area contributed by atoms with Crippen LogP contribution in [0.3, 0.4) is 0 Å². The van der Waals surface area contributed by atoms with Gasteiger partial charge < -0.3 is 23.8 Å². The van der Waals surface area contributed by atoms with Crippen LogP contribution >= 0.6 is 0 Å². The second kappa shape index (κ2) is 20.4. The maximum Gasteiger partial charge on any atom is 0.305 e. The number of carbonyl (C=O) groups excluding carboxylic acids is 3. The highest BCUT2D eigenvalue weighted by molar-refractivity contribution is 5.97. The van der Waals surface area contributed by atoms with E-state index in [-0.39, 0.29) is 37.0 Å². The zero-order valence-electron chi connectivity index (χ0n) is 28.7. The van der Waals surface area contributed by atoms with E-state index < -0.39 is 5.91 Å². The van der Waals surface area contributed by atoms with Crippen molar-refractivity contribution >= 4 is 17.8 Å². The molecule has 1 aromatic heterocycles. The smallest absolute Gasteiger partial charge is 0.305 e. The Morgan fingerprint density at radius 2 is 1.48 bits per heavy atom. The van der Waals surface area contributed by atoms with Crippen molar-refractivity contribution in [2.75, 3.05) is 26.4 Å². The van der Waals surface area contributed by atoms with Gasteiger partial charge in [-0.05, 0) is 102 Å². The van der Waals surface area contributed by atoms with Crippen molar-refractivity contribution < 1.29 is 33.3 Å². The summed E-state index contributed by atoms with van der Waals surface area (Å²) in [5.41, 5.74) is 1.78. The van der Waals surface area contributed by atoms with Gasteiger partial charge in [0.25, 0.3) is 11.8 Å². The van der Waals surface area contributed by atoms with Crippen LogP contribution < -0.4 is 14.2 Å². The Morgan fingerprint density at radius 3 is 2.12 bits per heavy atom. The topological polar surface area (TPSA) is 129 Å². The highest BCUT2D eigenvalue weighted by Crippen LogP contribution is 2.28. The summed E-state index contributed by atoms with van der Waals surface area (Å²) in [6.07, 6.45) is 6.38. The number of unbranched alkanes of at least 4 members (excludes halogenated alkanes) is 2. The van der Waals surface area contributed by atoms with Crippen LogP contribution in [-0.4, -0.2) is 66.2 Å². The lowest BCUT2D eigenvalue weighted by molar-refractivity contribution is -0.143. The van der Waals surface area contributed by atoms with Crippen molar-refractivity contribution in [1.29, 1.82) is 0 Å². The van der Waals surface area contributed by atoms with Crippen LogP contribution in [0.4, 0.5) is 0 Å². The lowest BCUT2D eigenvalue weighted by Crippen LogP contribution is -2.42. The number of azo groups is 1. The molecule has 0 unspecified atom stereocenters. The number of esters is 1. The Morgan fingerprint density at radius 1 is 0.812 bits per heavy atom. The molecule has 2 aromatic carbocycles. The predicted octanol–water partition coefficient (Wildman–Crippen LogP) is 7.48. The molecule has 258 valence electrons. The Hall–Kier alpha value is -4.80. The number of nitrogens with zero attached hydrogens (tertiary/aromatic N) is 4. The first-order valence-corrected chi connectivity index (χ1v) is 16.6. The minimum Gasteiger partial charge on any atom is -0.494 e. The zero-order valence-corrected chi connectivity index (χ0v) is 28.7. The first kappa shape index (κ1) is 37.7. The molecule has 1 heterocycles. The molecule has 0 N–H and O–H groups in total. The van der Waals surface area contributed by atoms with Gasteiger partial charge in [0.2, 0.25) is 0 Å². The monoisotopic (exact) mass is 660 g/mol. The number of rotatable bonds is 20. The van der Waals surface area contributed by atoms with Crippen LogP contribution in [0.1, 0.15) is 93.0 Å². The highest BCUT2D eigenvalue weighted by Gasteiger charge is 2.25. The third kappa shape index (κ3) is 12.8. The SMILES string of the molecule is CCOC(=O)CCCOc1cc(OCCCCCOc2ccc(CN=NC(=O)c3cccnc3)cc2)ccc1C(=O)N(C(C)C)C(C)C. The second-order valence-electron chi connectivity index (χ2n) is 11.7. The average molecular weight is 661 g/mol. The van der Waals surface area contributed by atoms with E-state index in [4.69, 9.17) is 18.9 Å². The summed E-state index contributed by atoms with van der Waals surface area (Å²) < 4.78 is 22.9. The molecule has 0 saturated heterocycles. The van der Waals surface area contributed by atoms with E-state index >= 15 is 0 Å². The number of pyridine rings is 1. The predicted molar refractivity (Wildman–Crippen MR) is 183 cm³/mol. The molecule has 0 aliphatic rings. The maximum atomic E-state index is 13.5. The average Bonchev–Trinajstić information content (AvgIpc) is 3.07. The summed E-state index contributed by atoms with van der Waals surface area (Å²) in [4.78, 5) is 42.9. The third-order valence-electron chi connectivity index (χ3n) is 7.19. The van der Waals surface area contributed by atoms with Gasteiger partial charge in [0.1, 0.15) is 17.2 Å². The second-order valence-corrected chi connectivity index (χ2v) is 11.7. The summed E-state index contributed by atoms with van der Waals surface area (Å²) in [5, 5.41) is 7.74. The van der Waals surface area contributed by atoms with Crippen molar-refractivity contribution in [3.05, 3.63) is 83.7 Å².